The van der Waals surface area contributed by atoms with Gasteiger partial charge in [-0.1, -0.05) is 0 Å². The van der Waals surface area contributed by atoms with Crippen LogP contribution < -0.4 is 11.1 Å². The molecule has 0 aromatic carbocycles. The van der Waals surface area contributed by atoms with Gasteiger partial charge in [-0.15, -0.1) is 0 Å². The van der Waals surface area contributed by atoms with Crippen molar-refractivity contribution >= 4 is 11.6 Å². The van der Waals surface area contributed by atoms with Gasteiger partial charge in [0.1, 0.15) is 0 Å². The van der Waals surface area contributed by atoms with E-state index in [0.717, 1.165) is 0 Å². The summed E-state index contributed by atoms with van der Waals surface area (Å²) in [5.74, 6) is -6.83. The van der Waals surface area contributed by atoms with E-state index in [9.17, 15) is 22.4 Å². The van der Waals surface area contributed by atoms with Gasteiger partial charge in [0.25, 0.3) is 5.92 Å². The second kappa shape index (κ2) is 7.23. The van der Waals surface area contributed by atoms with E-state index in [0.29, 0.717) is 29.7 Å². The smallest absolute Gasteiger partial charge is 0.265 e. The Morgan fingerprint density at radius 3 is 2.69 bits per heavy atom. The Bertz CT molecular complexity index is 905. The third kappa shape index (κ3) is 4.36. The molecule has 10 heteroatoms. The van der Waals surface area contributed by atoms with Crippen molar-refractivity contribution in [2.45, 2.75) is 56.4 Å². The highest BCUT2D eigenvalue weighted by Gasteiger charge is 2.41. The maximum absolute atomic E-state index is 13.6. The second-order valence-corrected chi connectivity index (χ2v) is 8.23. The molecule has 6 nitrogen and oxygen atoms in total. The van der Waals surface area contributed by atoms with Gasteiger partial charge in [0, 0.05) is 25.2 Å². The van der Waals surface area contributed by atoms with E-state index in [1.54, 1.807) is 12.3 Å². The summed E-state index contributed by atoms with van der Waals surface area (Å²) < 4.78 is 55.5. The molecular weight excluding hydrogens is 390 g/mol. The molecule has 1 amide bonds. The molecule has 0 spiro atoms. The van der Waals surface area contributed by atoms with Crippen LogP contribution in [0.3, 0.4) is 0 Å². The maximum Gasteiger partial charge on any atom is 0.265 e. The van der Waals surface area contributed by atoms with Crippen molar-refractivity contribution < 1.29 is 22.4 Å². The lowest BCUT2D eigenvalue weighted by Gasteiger charge is -2.31. The summed E-state index contributed by atoms with van der Waals surface area (Å²) in [4.78, 5) is 16.4. The van der Waals surface area contributed by atoms with Gasteiger partial charge < -0.3 is 11.1 Å². The van der Waals surface area contributed by atoms with Crippen LogP contribution in [0, 0.1) is 11.8 Å². The van der Waals surface area contributed by atoms with Crippen LogP contribution in [0.2, 0.25) is 0 Å². The minimum absolute atomic E-state index is 0.0767. The number of piperidine rings is 1. The molecule has 2 aromatic rings. The van der Waals surface area contributed by atoms with Crippen LogP contribution in [-0.2, 0) is 11.2 Å². The fourth-order valence-corrected chi connectivity index (χ4v) is 4.20. The first kappa shape index (κ1) is 20.1. The molecule has 1 saturated heterocycles. The average Bonchev–Trinajstić information content (AvgIpc) is 3.07. The minimum Gasteiger partial charge on any atom is -0.350 e. The first-order valence-electron chi connectivity index (χ1n) is 9.75. The number of carbonyl (C=O) groups excluding carboxylic acids is 1. The number of nitrogens with two attached hydrogens (primary N) is 1. The zero-order valence-electron chi connectivity index (χ0n) is 15.8. The van der Waals surface area contributed by atoms with Crippen molar-refractivity contribution in [1.82, 2.24) is 19.9 Å². The van der Waals surface area contributed by atoms with E-state index in [-0.39, 0.29) is 25.2 Å². The molecule has 1 aliphatic carbocycles. The van der Waals surface area contributed by atoms with E-state index in [2.05, 4.69) is 15.4 Å². The lowest BCUT2D eigenvalue weighted by atomic mass is 9.81. The molecule has 1 aliphatic heterocycles. The Balaban J connectivity index is 1.48. The van der Waals surface area contributed by atoms with Gasteiger partial charge in [-0.25, -0.2) is 27.1 Å². The van der Waals surface area contributed by atoms with E-state index in [4.69, 9.17) is 5.73 Å². The quantitative estimate of drug-likeness (QED) is 0.755. The molecule has 4 rings (SSSR count). The number of nitrogens with one attached hydrogen (secondary N) is 1. The number of rotatable bonds is 4. The van der Waals surface area contributed by atoms with Crippen molar-refractivity contribution in [1.29, 1.82) is 0 Å². The zero-order valence-corrected chi connectivity index (χ0v) is 15.8. The molecular formula is C19H23F4N5O. The first-order valence-corrected chi connectivity index (χ1v) is 9.75. The molecule has 3 N–H and O–H groups in total. The lowest BCUT2D eigenvalue weighted by molar-refractivity contribution is -0.136. The van der Waals surface area contributed by atoms with E-state index < -0.39 is 42.7 Å². The topological polar surface area (TPSA) is 85.3 Å². The highest BCUT2D eigenvalue weighted by atomic mass is 19.3. The van der Waals surface area contributed by atoms with Crippen molar-refractivity contribution in [2.75, 3.05) is 6.54 Å². The van der Waals surface area contributed by atoms with Crippen LogP contribution in [-0.4, -0.2) is 38.9 Å². The Morgan fingerprint density at radius 1 is 1.24 bits per heavy atom. The summed E-state index contributed by atoms with van der Waals surface area (Å²) in [5, 5.41) is 6.48. The molecule has 158 valence electrons. The molecule has 0 bridgehead atoms. The number of nitrogens with zero attached hydrogens (tertiary/aromatic N) is 3. The van der Waals surface area contributed by atoms with Crippen molar-refractivity contribution in [3.63, 3.8) is 0 Å². The molecule has 1 saturated carbocycles. The number of imidazole rings is 1. The third-order valence-corrected chi connectivity index (χ3v) is 5.93. The van der Waals surface area contributed by atoms with Crippen LogP contribution in [0.1, 0.15) is 49.4 Å². The SMILES string of the molecule is N[C@H](c1cn2ncc(CC3CC(F)(F)CNC3=O)cc2n1)C1CCC(F)(F)CC1. The summed E-state index contributed by atoms with van der Waals surface area (Å²) >= 11 is 0. The summed E-state index contributed by atoms with van der Waals surface area (Å²) in [6.45, 7) is -0.631. The van der Waals surface area contributed by atoms with Crippen LogP contribution in [0.25, 0.3) is 5.65 Å². The van der Waals surface area contributed by atoms with Crippen LogP contribution in [0.5, 0.6) is 0 Å². The van der Waals surface area contributed by atoms with E-state index in [1.165, 1.54) is 10.7 Å². The van der Waals surface area contributed by atoms with Gasteiger partial charge in [-0.2, -0.15) is 5.10 Å². The van der Waals surface area contributed by atoms with Gasteiger partial charge in [0.2, 0.25) is 11.8 Å². The number of halogens is 4. The van der Waals surface area contributed by atoms with Crippen molar-refractivity contribution in [2.24, 2.45) is 17.6 Å². The van der Waals surface area contributed by atoms with E-state index >= 15 is 0 Å². The molecule has 3 heterocycles. The monoisotopic (exact) mass is 413 g/mol. The summed E-state index contributed by atoms with van der Waals surface area (Å²) in [5.41, 5.74) is 7.94. The summed E-state index contributed by atoms with van der Waals surface area (Å²) in [7, 11) is 0. The zero-order chi connectivity index (χ0) is 20.8. The highest BCUT2D eigenvalue weighted by molar-refractivity contribution is 5.80. The molecule has 0 radical (unpaired) electrons. The number of hydrogen-bond donors (Lipinski definition) is 2. The normalized spacial score (nSPS) is 25.7. The van der Waals surface area contributed by atoms with Gasteiger partial charge >= 0.3 is 0 Å². The maximum atomic E-state index is 13.6. The Morgan fingerprint density at radius 2 is 1.97 bits per heavy atom. The molecule has 2 fully saturated rings. The van der Waals surface area contributed by atoms with Gasteiger partial charge in [0.05, 0.1) is 30.7 Å². The van der Waals surface area contributed by atoms with Crippen LogP contribution in [0.4, 0.5) is 17.6 Å². The molecule has 2 atom stereocenters. The minimum atomic E-state index is -2.92. The van der Waals surface area contributed by atoms with Crippen LogP contribution >= 0.6 is 0 Å². The van der Waals surface area contributed by atoms with Gasteiger partial charge in [-0.05, 0) is 36.8 Å². The predicted molar refractivity (Wildman–Crippen MR) is 96.6 cm³/mol. The molecule has 1 unspecified atom stereocenters. The number of alkyl halides is 4. The van der Waals surface area contributed by atoms with Crippen molar-refractivity contribution in [3.05, 3.63) is 29.7 Å². The lowest BCUT2D eigenvalue weighted by Crippen LogP contribution is -2.48. The Labute approximate surface area is 164 Å². The van der Waals surface area contributed by atoms with Crippen LogP contribution in [0.15, 0.2) is 18.5 Å². The first-order chi connectivity index (χ1) is 13.6. The second-order valence-electron chi connectivity index (χ2n) is 8.23. The Kier molecular flexibility index (Phi) is 5.00. The third-order valence-electron chi connectivity index (χ3n) is 5.93. The fourth-order valence-electron chi connectivity index (χ4n) is 4.20. The number of carbonyl (C=O) groups is 1. The number of aromatic nitrogens is 3. The average molecular weight is 413 g/mol. The molecule has 29 heavy (non-hydrogen) atoms. The highest BCUT2D eigenvalue weighted by Crippen LogP contribution is 2.40. The predicted octanol–water partition coefficient (Wildman–Crippen LogP) is 2.87. The number of fused-ring (bicyclic) bond motifs is 1. The summed E-state index contributed by atoms with van der Waals surface area (Å²) in [6, 6.07) is 1.22. The summed E-state index contributed by atoms with van der Waals surface area (Å²) in [6.07, 6.45) is 3.16. The Hall–Kier alpha value is -2.23. The van der Waals surface area contributed by atoms with Crippen molar-refractivity contribution in [3.8, 4) is 0 Å². The number of hydrogen-bond acceptors (Lipinski definition) is 4. The van der Waals surface area contributed by atoms with Gasteiger partial charge in [-0.3, -0.25) is 4.79 Å². The largest absolute Gasteiger partial charge is 0.350 e. The van der Waals surface area contributed by atoms with Gasteiger partial charge in [0.15, 0.2) is 5.65 Å². The van der Waals surface area contributed by atoms with E-state index in [1.807, 2.05) is 0 Å². The molecule has 2 aliphatic rings. The fraction of sp³-hybridized carbons (Fsp3) is 0.632. The standard InChI is InChI=1S/C19H23F4N5O/c20-18(21)3-1-12(2-4-18)16(24)14-9-28-15(27-14)6-11(8-26-28)5-13-7-19(22,23)10-25-17(13)29/h6,8-9,12-13,16H,1-5,7,10,24H2,(H,25,29)/t13?,16-/m0/s1. The number of amides is 1. The molecule has 2 aromatic heterocycles.